The topological polar surface area (TPSA) is 66.8 Å². The molecule has 0 atom stereocenters. The number of rotatable bonds is 6. The summed E-state index contributed by atoms with van der Waals surface area (Å²) < 4.78 is 5.12. The molecule has 2 aromatic carbocycles. The Kier molecular flexibility index (Phi) is 5.27. The van der Waals surface area contributed by atoms with E-state index in [4.69, 9.17) is 4.74 Å². The molecule has 0 amide bonds. The van der Waals surface area contributed by atoms with Gasteiger partial charge in [-0.3, -0.25) is 4.79 Å². The van der Waals surface area contributed by atoms with Gasteiger partial charge in [0.25, 0.3) is 0 Å². The van der Waals surface area contributed by atoms with E-state index in [0.717, 1.165) is 24.0 Å². The van der Waals surface area contributed by atoms with E-state index < -0.39 is 5.41 Å². The molecule has 4 heteroatoms. The van der Waals surface area contributed by atoms with Crippen LogP contribution in [0.2, 0.25) is 0 Å². The van der Waals surface area contributed by atoms with Crippen molar-refractivity contribution in [2.75, 3.05) is 7.11 Å². The van der Waals surface area contributed by atoms with Gasteiger partial charge in [-0.15, -0.1) is 0 Å². The van der Waals surface area contributed by atoms with Crippen molar-refractivity contribution in [1.82, 2.24) is 0 Å². The molecule has 2 rings (SSSR count). The number of unbranched alkanes of at least 4 members (excludes halogenated alkanes) is 1. The van der Waals surface area contributed by atoms with E-state index in [9.17, 15) is 15.0 Å². The largest absolute Gasteiger partial charge is 0.508 e. The molecule has 0 aliphatic heterocycles. The van der Waals surface area contributed by atoms with Crippen LogP contribution >= 0.6 is 0 Å². The van der Waals surface area contributed by atoms with E-state index in [-0.39, 0.29) is 17.5 Å². The van der Waals surface area contributed by atoms with Gasteiger partial charge in [0.15, 0.2) is 0 Å². The van der Waals surface area contributed by atoms with Crippen LogP contribution in [0.3, 0.4) is 0 Å². The minimum Gasteiger partial charge on any atom is -0.508 e. The van der Waals surface area contributed by atoms with E-state index in [1.807, 2.05) is 0 Å². The summed E-state index contributed by atoms with van der Waals surface area (Å²) in [6, 6.07) is 13.3. The number of hydrogen-bond acceptors (Lipinski definition) is 4. The lowest BCUT2D eigenvalue weighted by molar-refractivity contribution is -0.146. The van der Waals surface area contributed by atoms with Gasteiger partial charge in [0.05, 0.1) is 7.11 Å². The predicted molar refractivity (Wildman–Crippen MR) is 88.5 cm³/mol. The fourth-order valence-corrected chi connectivity index (χ4v) is 2.90. The lowest BCUT2D eigenvalue weighted by Gasteiger charge is -2.32. The molecule has 4 nitrogen and oxygen atoms in total. The molecule has 0 fully saturated rings. The van der Waals surface area contributed by atoms with Gasteiger partial charge < -0.3 is 14.9 Å². The molecule has 0 radical (unpaired) electrons. The maximum Gasteiger partial charge on any atom is 0.320 e. The molecular formula is C19H22O4. The molecule has 23 heavy (non-hydrogen) atoms. The molecule has 0 saturated heterocycles. The van der Waals surface area contributed by atoms with Crippen LogP contribution in [0.5, 0.6) is 11.5 Å². The molecule has 2 aromatic rings. The molecule has 0 aliphatic carbocycles. The Morgan fingerprint density at radius 3 is 1.74 bits per heavy atom. The smallest absolute Gasteiger partial charge is 0.320 e. The SMILES string of the molecule is CCCCC(C(=O)OC)(c1ccc(O)cc1)c1ccc(O)cc1. The van der Waals surface area contributed by atoms with Crippen molar-refractivity contribution in [2.24, 2.45) is 0 Å². The van der Waals surface area contributed by atoms with Crippen LogP contribution in [0, 0.1) is 0 Å². The zero-order valence-corrected chi connectivity index (χ0v) is 13.5. The van der Waals surface area contributed by atoms with Crippen molar-refractivity contribution >= 4 is 5.97 Å². The Morgan fingerprint density at radius 1 is 0.957 bits per heavy atom. The molecule has 0 unspecified atom stereocenters. The zero-order chi connectivity index (χ0) is 16.9. The molecule has 0 aliphatic rings. The number of phenols is 2. The van der Waals surface area contributed by atoms with Gasteiger partial charge >= 0.3 is 5.97 Å². The summed E-state index contributed by atoms with van der Waals surface area (Å²) in [5.74, 6) is -0.0512. The first-order chi connectivity index (χ1) is 11.0. The van der Waals surface area contributed by atoms with Crippen LogP contribution in [0.15, 0.2) is 48.5 Å². The van der Waals surface area contributed by atoms with Crippen LogP contribution in [0.25, 0.3) is 0 Å². The highest BCUT2D eigenvalue weighted by atomic mass is 16.5. The summed E-state index contributed by atoms with van der Waals surface area (Å²) >= 11 is 0. The maximum atomic E-state index is 12.8. The highest BCUT2D eigenvalue weighted by Gasteiger charge is 2.42. The third-order valence-electron chi connectivity index (χ3n) is 4.16. The fourth-order valence-electron chi connectivity index (χ4n) is 2.90. The second-order valence-electron chi connectivity index (χ2n) is 5.59. The van der Waals surface area contributed by atoms with Gasteiger partial charge in [-0.05, 0) is 41.8 Å². The molecule has 0 bridgehead atoms. The van der Waals surface area contributed by atoms with Gasteiger partial charge in [-0.25, -0.2) is 0 Å². The zero-order valence-electron chi connectivity index (χ0n) is 13.5. The number of ether oxygens (including phenoxy) is 1. The highest BCUT2D eigenvalue weighted by molar-refractivity contribution is 5.87. The van der Waals surface area contributed by atoms with E-state index >= 15 is 0 Å². The first-order valence-corrected chi connectivity index (χ1v) is 7.72. The van der Waals surface area contributed by atoms with Gasteiger partial charge in [-0.2, -0.15) is 0 Å². The minimum absolute atomic E-state index is 0.147. The van der Waals surface area contributed by atoms with Crippen molar-refractivity contribution in [3.05, 3.63) is 59.7 Å². The number of methoxy groups -OCH3 is 1. The fraction of sp³-hybridized carbons (Fsp3) is 0.316. The Hall–Kier alpha value is -2.49. The van der Waals surface area contributed by atoms with Gasteiger partial charge in [0, 0.05) is 0 Å². The lowest BCUT2D eigenvalue weighted by Crippen LogP contribution is -2.38. The van der Waals surface area contributed by atoms with Crippen LogP contribution in [-0.2, 0) is 14.9 Å². The molecule has 0 spiro atoms. The van der Waals surface area contributed by atoms with Crippen molar-refractivity contribution in [3.8, 4) is 11.5 Å². The number of carbonyl (C=O) groups is 1. The van der Waals surface area contributed by atoms with Crippen LogP contribution < -0.4 is 0 Å². The number of hydrogen-bond donors (Lipinski definition) is 2. The van der Waals surface area contributed by atoms with E-state index in [2.05, 4.69) is 6.92 Å². The van der Waals surface area contributed by atoms with Crippen molar-refractivity contribution in [1.29, 1.82) is 0 Å². The summed E-state index contributed by atoms with van der Waals surface area (Å²) in [5.41, 5.74) is 0.578. The summed E-state index contributed by atoms with van der Waals surface area (Å²) in [6.07, 6.45) is 2.37. The number of esters is 1. The average molecular weight is 314 g/mol. The minimum atomic E-state index is -0.952. The maximum absolute atomic E-state index is 12.8. The average Bonchev–Trinajstić information content (AvgIpc) is 2.57. The van der Waals surface area contributed by atoms with Crippen LogP contribution in [0.4, 0.5) is 0 Å². The molecule has 2 N–H and O–H groups in total. The monoisotopic (exact) mass is 314 g/mol. The summed E-state index contributed by atoms with van der Waals surface area (Å²) in [7, 11) is 1.38. The van der Waals surface area contributed by atoms with Crippen molar-refractivity contribution in [3.63, 3.8) is 0 Å². The van der Waals surface area contributed by atoms with E-state index in [1.165, 1.54) is 7.11 Å². The summed E-state index contributed by atoms with van der Waals surface area (Å²) in [5, 5.41) is 19.1. The Labute approximate surface area is 136 Å². The first-order valence-electron chi connectivity index (χ1n) is 7.72. The second-order valence-corrected chi connectivity index (χ2v) is 5.59. The third kappa shape index (κ3) is 3.31. The molecular weight excluding hydrogens is 292 g/mol. The van der Waals surface area contributed by atoms with Crippen molar-refractivity contribution in [2.45, 2.75) is 31.6 Å². The first kappa shape index (κ1) is 16.9. The Morgan fingerprint density at radius 2 is 1.39 bits per heavy atom. The number of aromatic hydroxyl groups is 2. The summed E-state index contributed by atoms with van der Waals surface area (Å²) in [4.78, 5) is 12.8. The van der Waals surface area contributed by atoms with E-state index in [0.29, 0.717) is 6.42 Å². The van der Waals surface area contributed by atoms with Crippen LogP contribution in [-0.4, -0.2) is 23.3 Å². The molecule has 0 saturated carbocycles. The highest BCUT2D eigenvalue weighted by Crippen LogP contribution is 2.39. The predicted octanol–water partition coefficient (Wildman–Crippen LogP) is 3.75. The quantitative estimate of drug-likeness (QED) is 0.797. The lowest BCUT2D eigenvalue weighted by atomic mass is 9.71. The van der Waals surface area contributed by atoms with E-state index in [1.54, 1.807) is 48.5 Å². The van der Waals surface area contributed by atoms with Crippen molar-refractivity contribution < 1.29 is 19.7 Å². The molecule has 122 valence electrons. The third-order valence-corrected chi connectivity index (χ3v) is 4.16. The number of carbonyl (C=O) groups excluding carboxylic acids is 1. The Balaban J connectivity index is 2.65. The van der Waals surface area contributed by atoms with Crippen LogP contribution in [0.1, 0.15) is 37.3 Å². The Bertz CT molecular complexity index is 599. The van der Waals surface area contributed by atoms with Gasteiger partial charge in [0.2, 0.25) is 0 Å². The molecule has 0 aromatic heterocycles. The van der Waals surface area contributed by atoms with Gasteiger partial charge in [-0.1, -0.05) is 44.0 Å². The number of phenolic OH excluding ortho intramolecular Hbond substituents is 2. The summed E-state index contributed by atoms with van der Waals surface area (Å²) in [6.45, 7) is 2.07. The van der Waals surface area contributed by atoms with Gasteiger partial charge in [0.1, 0.15) is 16.9 Å². The normalized spacial score (nSPS) is 11.2. The number of benzene rings is 2. The second kappa shape index (κ2) is 7.18. The standard InChI is InChI=1S/C19H22O4/c1-3-4-13-19(18(22)23-2,14-5-9-16(20)10-6-14)15-7-11-17(21)12-8-15/h5-12,20-21H,3-4,13H2,1-2H3. The molecule has 0 heterocycles.